The average molecular weight is 540 g/mol. The Labute approximate surface area is 225 Å². The quantitative estimate of drug-likeness (QED) is 0.579. The number of aliphatic hydroxyl groups is 1. The largest absolute Gasteiger partial charge is 0.504 e. The maximum atomic E-state index is 12.2. The molecule has 218 valence electrons. The van der Waals surface area contributed by atoms with Gasteiger partial charge in [0.25, 0.3) is 0 Å². The van der Waals surface area contributed by atoms with Gasteiger partial charge in [0, 0.05) is 42.0 Å². The number of aromatic hydroxyl groups is 1. The fourth-order valence-corrected chi connectivity index (χ4v) is 9.58. The monoisotopic (exact) mass is 539 g/mol. The molecule has 0 radical (unpaired) electrons. The smallest absolute Gasteiger partial charge is 0.165 e. The van der Waals surface area contributed by atoms with Gasteiger partial charge in [-0.25, -0.2) is 0 Å². The van der Waals surface area contributed by atoms with Crippen molar-refractivity contribution in [3.05, 3.63) is 23.3 Å². The summed E-state index contributed by atoms with van der Waals surface area (Å²) in [6.07, 6.45) is 7.64. The van der Waals surface area contributed by atoms with Crippen LogP contribution in [0.3, 0.4) is 0 Å². The van der Waals surface area contributed by atoms with Crippen LogP contribution >= 0.6 is 0 Å². The number of likely N-dealkylation sites (tertiary alicyclic amines) is 1. The second-order valence-electron chi connectivity index (χ2n) is 13.8. The number of phenols is 1. The van der Waals surface area contributed by atoms with Gasteiger partial charge >= 0.3 is 0 Å². The summed E-state index contributed by atoms with van der Waals surface area (Å²) in [7, 11) is 1.83. The molecule has 9 nitrogen and oxygen atoms in total. The van der Waals surface area contributed by atoms with Crippen molar-refractivity contribution in [3.8, 4) is 11.5 Å². The Balaban J connectivity index is 0.000001000. The molecule has 4 saturated carbocycles. The highest BCUT2D eigenvalue weighted by Crippen LogP contribution is 2.78. The Hall–Kier alpha value is -1.46. The molecule has 5 aliphatic carbocycles. The van der Waals surface area contributed by atoms with Gasteiger partial charge in [-0.05, 0) is 81.4 Å². The minimum atomic E-state index is -0.909. The van der Waals surface area contributed by atoms with E-state index in [0.717, 1.165) is 44.6 Å². The molecule has 8 rings (SSSR count). The van der Waals surface area contributed by atoms with E-state index in [0.29, 0.717) is 11.8 Å². The lowest BCUT2D eigenvalue weighted by molar-refractivity contribution is -0.312. The molecule has 10 N–H and O–H groups in total. The Morgan fingerprint density at radius 1 is 1.05 bits per heavy atom. The second kappa shape index (κ2) is 9.03. The molecule has 7 atom stereocenters. The molecule has 2 aliphatic heterocycles. The number of methoxy groups -OCH3 is 1. The lowest BCUT2D eigenvalue weighted by Crippen LogP contribution is -2.83. The van der Waals surface area contributed by atoms with Crippen molar-refractivity contribution in [3.63, 3.8) is 0 Å². The van der Waals surface area contributed by atoms with Crippen molar-refractivity contribution in [2.24, 2.45) is 22.7 Å². The van der Waals surface area contributed by atoms with Gasteiger partial charge in [-0.3, -0.25) is 4.90 Å². The van der Waals surface area contributed by atoms with E-state index in [1.807, 2.05) is 20.1 Å². The van der Waals surface area contributed by atoms with Gasteiger partial charge < -0.3 is 41.6 Å². The summed E-state index contributed by atoms with van der Waals surface area (Å²) in [5, 5.41) is 23.2. The lowest BCUT2D eigenvalue weighted by Gasteiger charge is -2.75. The van der Waals surface area contributed by atoms with Crippen LogP contribution in [0.1, 0.15) is 77.3 Å². The second-order valence-corrected chi connectivity index (χ2v) is 13.8. The number of nitrogens with zero attached hydrogens (tertiary/aromatic N) is 1. The van der Waals surface area contributed by atoms with Gasteiger partial charge in [0.05, 0.1) is 5.60 Å². The Morgan fingerprint density at radius 2 is 1.74 bits per heavy atom. The zero-order valence-electron chi connectivity index (χ0n) is 23.5. The number of ether oxygens (including phenoxy) is 2. The molecule has 2 spiro atoms. The lowest BCUT2D eigenvalue weighted by atomic mass is 9.33. The summed E-state index contributed by atoms with van der Waals surface area (Å²) >= 11 is 0. The zero-order chi connectivity index (χ0) is 23.9. The first kappa shape index (κ1) is 31.1. The van der Waals surface area contributed by atoms with Crippen LogP contribution in [0.2, 0.25) is 0 Å². The summed E-state index contributed by atoms with van der Waals surface area (Å²) in [5.41, 5.74) is 0.783. The van der Waals surface area contributed by atoms with Crippen LogP contribution < -0.4 is 4.74 Å². The topological polar surface area (TPSA) is 188 Å². The van der Waals surface area contributed by atoms with E-state index in [2.05, 4.69) is 31.7 Å². The highest BCUT2D eigenvalue weighted by atomic mass is 16.6. The van der Waals surface area contributed by atoms with Crippen molar-refractivity contribution >= 4 is 0 Å². The van der Waals surface area contributed by atoms with Crippen LogP contribution in [0.15, 0.2) is 12.1 Å². The molecule has 1 saturated heterocycles. The van der Waals surface area contributed by atoms with Crippen LogP contribution in [-0.2, 0) is 16.6 Å². The first-order valence-electron chi connectivity index (χ1n) is 13.6. The zero-order valence-corrected chi connectivity index (χ0v) is 23.5. The van der Waals surface area contributed by atoms with E-state index < -0.39 is 11.2 Å². The number of piperidine rings is 1. The minimum Gasteiger partial charge on any atom is -0.504 e. The standard InChI is InChI=1S/C29H41NO4.4H2O/c1-25(2,3)26(4,32)20-15-27-10-11-29(20,33-5)24-28(27)12-13-30(16-17-6-7-17)21(27)14-18-8-9-19(31)23(34-24)22(18)28;;;;/h8-9,17,20-21,24,31-32H,6-7,10-16H2,1-5H3;4*1H2/t20?,21-,24?,26?,27-,28+,29+;;;;/m1..../s1. The molecule has 3 unspecified atom stereocenters. The number of benzene rings is 1. The Morgan fingerprint density at radius 3 is 2.34 bits per heavy atom. The van der Waals surface area contributed by atoms with Gasteiger partial charge in [0.2, 0.25) is 0 Å². The van der Waals surface area contributed by atoms with Gasteiger partial charge in [-0.15, -0.1) is 0 Å². The minimum absolute atomic E-state index is 0. The number of hydrogen-bond donors (Lipinski definition) is 2. The average Bonchev–Trinajstić information content (AvgIpc) is 3.53. The highest BCUT2D eigenvalue weighted by Gasteiger charge is 2.82. The molecule has 4 bridgehead atoms. The predicted octanol–water partition coefficient (Wildman–Crippen LogP) is 1.12. The Kier molecular flexibility index (Phi) is 7.38. The summed E-state index contributed by atoms with van der Waals surface area (Å²) < 4.78 is 13.5. The number of hydrogen-bond acceptors (Lipinski definition) is 5. The number of fused-ring (bicyclic) bond motifs is 2. The molecule has 5 fully saturated rings. The summed E-state index contributed by atoms with van der Waals surface area (Å²) in [5.74, 6) is 1.80. The molecule has 1 aromatic carbocycles. The van der Waals surface area contributed by atoms with Crippen LogP contribution in [0.4, 0.5) is 0 Å². The molecule has 7 aliphatic rings. The van der Waals surface area contributed by atoms with E-state index in [4.69, 9.17) is 9.47 Å². The molecular formula is C29H49NO8. The van der Waals surface area contributed by atoms with Crippen LogP contribution in [0.25, 0.3) is 0 Å². The first-order chi connectivity index (χ1) is 16.0. The third-order valence-corrected chi connectivity index (χ3v) is 11.9. The summed E-state index contributed by atoms with van der Waals surface area (Å²) in [6.45, 7) is 10.8. The normalized spacial score (nSPS) is 39.3. The summed E-state index contributed by atoms with van der Waals surface area (Å²) in [6, 6.07) is 4.46. The van der Waals surface area contributed by atoms with Crippen molar-refractivity contribution in [2.45, 2.75) is 101 Å². The molecule has 0 aromatic heterocycles. The van der Waals surface area contributed by atoms with E-state index in [-0.39, 0.29) is 55.9 Å². The molecule has 9 heteroatoms. The fourth-order valence-electron chi connectivity index (χ4n) is 9.58. The van der Waals surface area contributed by atoms with Gasteiger partial charge in [-0.2, -0.15) is 0 Å². The molecule has 38 heavy (non-hydrogen) atoms. The third kappa shape index (κ3) is 3.24. The highest BCUT2D eigenvalue weighted by molar-refractivity contribution is 5.63. The fraction of sp³-hybridized carbons (Fsp3) is 0.793. The van der Waals surface area contributed by atoms with Crippen molar-refractivity contribution in [1.82, 2.24) is 4.90 Å². The third-order valence-electron chi connectivity index (χ3n) is 11.9. The Bertz CT molecular complexity index is 1070. The summed E-state index contributed by atoms with van der Waals surface area (Å²) in [4.78, 5) is 2.82. The van der Waals surface area contributed by atoms with Crippen molar-refractivity contribution in [1.29, 1.82) is 0 Å². The maximum absolute atomic E-state index is 12.2. The van der Waals surface area contributed by atoms with Crippen molar-refractivity contribution in [2.75, 3.05) is 20.2 Å². The van der Waals surface area contributed by atoms with E-state index >= 15 is 0 Å². The molecule has 0 amide bonds. The maximum Gasteiger partial charge on any atom is 0.165 e. The predicted molar refractivity (Wildman–Crippen MR) is 145 cm³/mol. The van der Waals surface area contributed by atoms with Gasteiger partial charge in [0.1, 0.15) is 11.7 Å². The number of rotatable bonds is 4. The van der Waals surface area contributed by atoms with Crippen molar-refractivity contribution < 1.29 is 41.6 Å². The van der Waals surface area contributed by atoms with E-state index in [9.17, 15) is 10.2 Å². The molecular weight excluding hydrogens is 490 g/mol. The van der Waals surface area contributed by atoms with E-state index in [1.54, 1.807) is 0 Å². The number of phenolic OH excluding ortho intramolecular Hbond substituents is 1. The van der Waals surface area contributed by atoms with Crippen LogP contribution in [0.5, 0.6) is 11.5 Å². The SMILES string of the molecule is CO[C@@]12CC[C@@]3(CC1C(C)(O)C(C)(C)C)[C@H]1Cc4ccc(O)c5c4[C@@]3(CCN1CC1CC1)C2O5.O.O.O.O. The van der Waals surface area contributed by atoms with Gasteiger partial charge in [-0.1, -0.05) is 26.8 Å². The molecule has 1 aromatic rings. The van der Waals surface area contributed by atoms with Crippen LogP contribution in [0, 0.1) is 22.7 Å². The molecule has 2 heterocycles. The van der Waals surface area contributed by atoms with E-state index in [1.165, 1.54) is 30.5 Å². The van der Waals surface area contributed by atoms with Crippen LogP contribution in [-0.4, -0.2) is 80.6 Å². The first-order valence-corrected chi connectivity index (χ1v) is 13.6. The van der Waals surface area contributed by atoms with Gasteiger partial charge in [0.15, 0.2) is 11.5 Å².